The SMILES string of the molecule is CN(C)C1CCC(C)(N(C)C)CC1. The summed E-state index contributed by atoms with van der Waals surface area (Å²) < 4.78 is 0. The highest BCUT2D eigenvalue weighted by Crippen LogP contribution is 2.32. The van der Waals surface area contributed by atoms with E-state index >= 15 is 0 Å². The second-order valence-electron chi connectivity index (χ2n) is 5.09. The van der Waals surface area contributed by atoms with Crippen LogP contribution >= 0.6 is 0 Å². The Morgan fingerprint density at radius 1 is 1.00 bits per heavy atom. The van der Waals surface area contributed by atoms with Gasteiger partial charge in [-0.05, 0) is 60.8 Å². The minimum Gasteiger partial charge on any atom is -0.306 e. The molecule has 2 nitrogen and oxygen atoms in total. The highest BCUT2D eigenvalue weighted by molar-refractivity contribution is 4.90. The normalized spacial score (nSPS) is 35.8. The Morgan fingerprint density at radius 3 is 1.77 bits per heavy atom. The van der Waals surface area contributed by atoms with E-state index in [0.717, 1.165) is 6.04 Å². The van der Waals surface area contributed by atoms with Gasteiger partial charge in [0.2, 0.25) is 0 Å². The predicted octanol–water partition coefficient (Wildman–Crippen LogP) is 1.81. The van der Waals surface area contributed by atoms with E-state index < -0.39 is 0 Å². The van der Waals surface area contributed by atoms with Gasteiger partial charge in [0.1, 0.15) is 0 Å². The summed E-state index contributed by atoms with van der Waals surface area (Å²) in [7, 11) is 8.80. The Labute approximate surface area is 82.9 Å². The average molecular weight is 184 g/mol. The molecule has 1 aliphatic carbocycles. The van der Waals surface area contributed by atoms with Crippen LogP contribution < -0.4 is 0 Å². The monoisotopic (exact) mass is 184 g/mol. The lowest BCUT2D eigenvalue weighted by atomic mass is 9.79. The summed E-state index contributed by atoms with van der Waals surface area (Å²) in [5.41, 5.74) is 0.451. The first-order valence-corrected chi connectivity index (χ1v) is 5.29. The molecule has 0 atom stereocenters. The highest BCUT2D eigenvalue weighted by Gasteiger charge is 2.33. The van der Waals surface area contributed by atoms with E-state index in [4.69, 9.17) is 0 Å². The minimum absolute atomic E-state index is 0.451. The van der Waals surface area contributed by atoms with Crippen LogP contribution in [0.2, 0.25) is 0 Å². The molecule has 0 aromatic heterocycles. The van der Waals surface area contributed by atoms with E-state index in [1.807, 2.05) is 0 Å². The van der Waals surface area contributed by atoms with Crippen LogP contribution in [0.1, 0.15) is 32.6 Å². The first-order valence-electron chi connectivity index (χ1n) is 5.29. The lowest BCUT2D eigenvalue weighted by molar-refractivity contribution is 0.0816. The van der Waals surface area contributed by atoms with Gasteiger partial charge in [-0.15, -0.1) is 0 Å². The molecular weight excluding hydrogens is 160 g/mol. The van der Waals surface area contributed by atoms with Gasteiger partial charge in [0, 0.05) is 11.6 Å². The van der Waals surface area contributed by atoms with Crippen LogP contribution in [-0.2, 0) is 0 Å². The molecule has 0 amide bonds. The molecule has 0 aromatic rings. The van der Waals surface area contributed by atoms with Crippen molar-refractivity contribution in [1.82, 2.24) is 9.80 Å². The predicted molar refractivity (Wildman–Crippen MR) is 58.0 cm³/mol. The number of nitrogens with zero attached hydrogens (tertiary/aromatic N) is 2. The summed E-state index contributed by atoms with van der Waals surface area (Å²) in [6, 6.07) is 0.813. The van der Waals surface area contributed by atoms with Gasteiger partial charge in [-0.25, -0.2) is 0 Å². The summed E-state index contributed by atoms with van der Waals surface area (Å²) in [5.74, 6) is 0. The number of rotatable bonds is 2. The van der Waals surface area contributed by atoms with E-state index in [2.05, 4.69) is 44.9 Å². The molecule has 0 aliphatic heterocycles. The Hall–Kier alpha value is -0.0800. The molecule has 1 rings (SSSR count). The Kier molecular flexibility index (Phi) is 3.36. The van der Waals surface area contributed by atoms with Crippen molar-refractivity contribution < 1.29 is 0 Å². The lowest BCUT2D eigenvalue weighted by Gasteiger charge is -2.43. The summed E-state index contributed by atoms with van der Waals surface area (Å²) in [6.07, 6.45) is 5.37. The standard InChI is InChI=1S/C11H24N2/c1-11(13(4)5)8-6-10(7-9-11)12(2)3/h10H,6-9H2,1-5H3. The molecule has 0 unspecified atom stereocenters. The quantitative estimate of drug-likeness (QED) is 0.646. The summed E-state index contributed by atoms with van der Waals surface area (Å²) >= 11 is 0. The third-order valence-electron chi connectivity index (χ3n) is 3.84. The molecule has 1 fully saturated rings. The molecule has 0 N–H and O–H groups in total. The fourth-order valence-electron chi connectivity index (χ4n) is 2.19. The molecule has 0 radical (unpaired) electrons. The summed E-state index contributed by atoms with van der Waals surface area (Å²) in [5, 5.41) is 0. The lowest BCUT2D eigenvalue weighted by Crippen LogP contribution is -2.47. The van der Waals surface area contributed by atoms with Crippen LogP contribution in [0.3, 0.4) is 0 Å². The van der Waals surface area contributed by atoms with E-state index in [-0.39, 0.29) is 0 Å². The van der Waals surface area contributed by atoms with Crippen LogP contribution in [0.5, 0.6) is 0 Å². The maximum Gasteiger partial charge on any atom is 0.0176 e. The van der Waals surface area contributed by atoms with Crippen molar-refractivity contribution in [2.45, 2.75) is 44.2 Å². The molecule has 0 aromatic carbocycles. The fraction of sp³-hybridized carbons (Fsp3) is 1.00. The zero-order valence-electron chi connectivity index (χ0n) is 9.80. The van der Waals surface area contributed by atoms with E-state index in [0.29, 0.717) is 5.54 Å². The minimum atomic E-state index is 0.451. The van der Waals surface area contributed by atoms with Crippen molar-refractivity contribution in [1.29, 1.82) is 0 Å². The van der Waals surface area contributed by atoms with Crippen molar-refractivity contribution in [2.75, 3.05) is 28.2 Å². The van der Waals surface area contributed by atoms with Crippen molar-refractivity contribution in [3.63, 3.8) is 0 Å². The Balaban J connectivity index is 2.47. The number of hydrogen-bond donors (Lipinski definition) is 0. The molecule has 1 aliphatic rings. The summed E-state index contributed by atoms with van der Waals surface area (Å²) in [6.45, 7) is 2.39. The molecule has 78 valence electrons. The van der Waals surface area contributed by atoms with Crippen LogP contribution in [0.4, 0.5) is 0 Å². The largest absolute Gasteiger partial charge is 0.306 e. The molecule has 0 bridgehead atoms. The maximum absolute atomic E-state index is 2.39. The first-order chi connectivity index (χ1) is 5.96. The van der Waals surface area contributed by atoms with Gasteiger partial charge in [-0.1, -0.05) is 0 Å². The van der Waals surface area contributed by atoms with Gasteiger partial charge < -0.3 is 9.80 Å². The van der Waals surface area contributed by atoms with Gasteiger partial charge >= 0.3 is 0 Å². The van der Waals surface area contributed by atoms with Crippen molar-refractivity contribution in [3.8, 4) is 0 Å². The third-order valence-corrected chi connectivity index (χ3v) is 3.84. The van der Waals surface area contributed by atoms with Gasteiger partial charge in [-0.2, -0.15) is 0 Å². The topological polar surface area (TPSA) is 6.48 Å². The average Bonchev–Trinajstić information content (AvgIpc) is 2.04. The molecule has 2 heteroatoms. The maximum atomic E-state index is 2.39. The molecule has 0 heterocycles. The van der Waals surface area contributed by atoms with E-state index in [1.54, 1.807) is 0 Å². The van der Waals surface area contributed by atoms with Crippen LogP contribution in [0, 0.1) is 0 Å². The number of hydrogen-bond acceptors (Lipinski definition) is 2. The van der Waals surface area contributed by atoms with Gasteiger partial charge in [0.25, 0.3) is 0 Å². The van der Waals surface area contributed by atoms with Crippen LogP contribution in [-0.4, -0.2) is 49.6 Å². The van der Waals surface area contributed by atoms with Crippen LogP contribution in [0.25, 0.3) is 0 Å². The second kappa shape index (κ2) is 3.97. The van der Waals surface area contributed by atoms with Crippen molar-refractivity contribution in [2.24, 2.45) is 0 Å². The molecular formula is C11H24N2. The fourth-order valence-corrected chi connectivity index (χ4v) is 2.19. The Bertz CT molecular complexity index is 155. The smallest absolute Gasteiger partial charge is 0.0176 e. The molecule has 0 saturated heterocycles. The van der Waals surface area contributed by atoms with Crippen LogP contribution in [0.15, 0.2) is 0 Å². The third kappa shape index (κ3) is 2.44. The summed E-state index contributed by atoms with van der Waals surface area (Å²) in [4.78, 5) is 4.76. The second-order valence-corrected chi connectivity index (χ2v) is 5.09. The first kappa shape index (κ1) is 11.0. The van der Waals surface area contributed by atoms with Gasteiger partial charge in [0.05, 0.1) is 0 Å². The molecule has 1 saturated carbocycles. The molecule has 0 spiro atoms. The van der Waals surface area contributed by atoms with Gasteiger partial charge in [0.15, 0.2) is 0 Å². The molecule has 13 heavy (non-hydrogen) atoms. The van der Waals surface area contributed by atoms with E-state index in [9.17, 15) is 0 Å². The highest BCUT2D eigenvalue weighted by atomic mass is 15.2. The van der Waals surface area contributed by atoms with Gasteiger partial charge in [-0.3, -0.25) is 0 Å². The van der Waals surface area contributed by atoms with E-state index in [1.165, 1.54) is 25.7 Å². The zero-order valence-corrected chi connectivity index (χ0v) is 9.80. The van der Waals surface area contributed by atoms with Crippen molar-refractivity contribution in [3.05, 3.63) is 0 Å². The Morgan fingerprint density at radius 2 is 1.46 bits per heavy atom. The van der Waals surface area contributed by atoms with Crippen molar-refractivity contribution >= 4 is 0 Å². The zero-order chi connectivity index (χ0) is 10.1.